The molecule has 0 saturated carbocycles. The minimum absolute atomic E-state index is 0.00749. The van der Waals surface area contributed by atoms with Gasteiger partial charge in [0.2, 0.25) is 0 Å². The zero-order valence-electron chi connectivity index (χ0n) is 14.9. The number of piperidine rings is 1. The number of likely N-dealkylation sites (tertiary alicyclic amines) is 1. The Hall–Kier alpha value is -2.09. The fourth-order valence-corrected chi connectivity index (χ4v) is 3.71. The molecule has 0 aliphatic carbocycles. The van der Waals surface area contributed by atoms with Gasteiger partial charge in [-0.2, -0.15) is 0 Å². The van der Waals surface area contributed by atoms with Crippen molar-refractivity contribution in [3.63, 3.8) is 0 Å². The molecule has 1 fully saturated rings. The first kappa shape index (κ1) is 17.7. The third-order valence-electron chi connectivity index (χ3n) is 4.14. The van der Waals surface area contributed by atoms with Gasteiger partial charge in [-0.05, 0) is 50.7 Å². The molecule has 1 saturated heterocycles. The van der Waals surface area contributed by atoms with E-state index in [4.69, 9.17) is 4.74 Å². The molecule has 1 aliphatic rings. The van der Waals surface area contributed by atoms with Crippen LogP contribution in [-0.4, -0.2) is 49.6 Å². The van der Waals surface area contributed by atoms with Crippen molar-refractivity contribution in [3.05, 3.63) is 28.0 Å². The van der Waals surface area contributed by atoms with Crippen molar-refractivity contribution in [2.75, 3.05) is 13.1 Å². The largest absolute Gasteiger partial charge is 0.458 e. The average Bonchev–Trinajstić information content (AvgIpc) is 3.02. The van der Waals surface area contributed by atoms with Gasteiger partial charge in [0, 0.05) is 17.9 Å². The normalized spacial score (nSPS) is 17.6. The molecule has 0 radical (unpaired) electrons. The minimum Gasteiger partial charge on any atom is -0.458 e. The molecule has 25 heavy (non-hydrogen) atoms. The molecule has 0 aromatic carbocycles. The Balaban J connectivity index is 1.68. The van der Waals surface area contributed by atoms with E-state index in [1.165, 1.54) is 11.5 Å². The Morgan fingerprint density at radius 1 is 1.36 bits per heavy atom. The van der Waals surface area contributed by atoms with Gasteiger partial charge < -0.3 is 9.64 Å². The molecule has 1 amide bonds. The lowest BCUT2D eigenvalue weighted by Crippen LogP contribution is -2.44. The summed E-state index contributed by atoms with van der Waals surface area (Å²) in [5.74, 6) is 0.00749. The van der Waals surface area contributed by atoms with Gasteiger partial charge in [-0.1, -0.05) is 17.8 Å². The van der Waals surface area contributed by atoms with E-state index < -0.39 is 0 Å². The van der Waals surface area contributed by atoms with Crippen molar-refractivity contribution in [2.24, 2.45) is 0 Å². The molecule has 1 unspecified atom stereocenters. The van der Waals surface area contributed by atoms with Crippen LogP contribution < -0.4 is 4.74 Å². The summed E-state index contributed by atoms with van der Waals surface area (Å²) in [4.78, 5) is 24.0. The third kappa shape index (κ3) is 4.31. The van der Waals surface area contributed by atoms with Crippen LogP contribution in [0.15, 0.2) is 6.07 Å². The van der Waals surface area contributed by atoms with Crippen LogP contribution in [-0.2, 0) is 6.42 Å². The molecule has 2 aromatic rings. The maximum absolute atomic E-state index is 12.8. The molecule has 3 rings (SSSR count). The smallest absolute Gasteiger partial charge is 0.317 e. The molecule has 1 aliphatic heterocycles. The molecule has 0 N–H and O–H groups in total. The van der Waals surface area contributed by atoms with Gasteiger partial charge in [-0.3, -0.25) is 4.79 Å². The van der Waals surface area contributed by atoms with Crippen molar-refractivity contribution >= 4 is 17.4 Å². The van der Waals surface area contributed by atoms with Crippen LogP contribution in [0.25, 0.3) is 0 Å². The molecule has 1 atom stereocenters. The Labute approximate surface area is 151 Å². The zero-order valence-corrected chi connectivity index (χ0v) is 15.7. The number of ether oxygens (including phenoxy) is 1. The van der Waals surface area contributed by atoms with E-state index in [1.54, 1.807) is 0 Å². The molecular formula is C17H23N5O2S. The predicted molar refractivity (Wildman–Crippen MR) is 95.0 cm³/mol. The van der Waals surface area contributed by atoms with Gasteiger partial charge >= 0.3 is 6.01 Å². The van der Waals surface area contributed by atoms with Gasteiger partial charge in [0.1, 0.15) is 11.0 Å². The second-order valence-corrected chi connectivity index (χ2v) is 7.12. The lowest BCUT2D eigenvalue weighted by atomic mass is 10.1. The summed E-state index contributed by atoms with van der Waals surface area (Å²) in [5.41, 5.74) is 2.57. The maximum Gasteiger partial charge on any atom is 0.317 e. The highest BCUT2D eigenvalue weighted by Crippen LogP contribution is 2.21. The number of hydrogen-bond donors (Lipinski definition) is 0. The molecule has 7 nitrogen and oxygen atoms in total. The van der Waals surface area contributed by atoms with E-state index in [9.17, 15) is 4.79 Å². The highest BCUT2D eigenvalue weighted by atomic mass is 32.1. The lowest BCUT2D eigenvalue weighted by Gasteiger charge is -2.32. The lowest BCUT2D eigenvalue weighted by molar-refractivity contribution is 0.0518. The van der Waals surface area contributed by atoms with E-state index in [1.807, 2.05) is 24.8 Å². The van der Waals surface area contributed by atoms with Gasteiger partial charge in [-0.25, -0.2) is 9.97 Å². The Bertz CT molecular complexity index is 728. The number of carbonyl (C=O) groups is 1. The molecule has 0 bridgehead atoms. The van der Waals surface area contributed by atoms with E-state index in [0.717, 1.165) is 49.3 Å². The monoisotopic (exact) mass is 361 g/mol. The molecule has 2 aromatic heterocycles. The summed E-state index contributed by atoms with van der Waals surface area (Å²) >= 11 is 1.18. The van der Waals surface area contributed by atoms with Crippen molar-refractivity contribution in [1.82, 2.24) is 24.5 Å². The standard InChI is InChI=1S/C17H23N5O2S/c1-4-6-14-15(25-21-20-14)16(23)22-8-5-7-13(10-22)24-17-18-11(2)9-12(3)19-17/h9,13H,4-8,10H2,1-3H3. The van der Waals surface area contributed by atoms with Crippen molar-refractivity contribution in [1.29, 1.82) is 0 Å². The van der Waals surface area contributed by atoms with Crippen LogP contribution in [0.1, 0.15) is 52.9 Å². The van der Waals surface area contributed by atoms with E-state index >= 15 is 0 Å². The summed E-state index contributed by atoms with van der Waals surface area (Å²) in [5, 5.41) is 4.10. The summed E-state index contributed by atoms with van der Waals surface area (Å²) in [6, 6.07) is 2.30. The van der Waals surface area contributed by atoms with Crippen LogP contribution in [0.3, 0.4) is 0 Å². The fourth-order valence-electron chi connectivity index (χ4n) is 3.03. The summed E-state index contributed by atoms with van der Waals surface area (Å²) in [7, 11) is 0. The number of amides is 1. The fraction of sp³-hybridized carbons (Fsp3) is 0.588. The molecular weight excluding hydrogens is 338 g/mol. The van der Waals surface area contributed by atoms with E-state index in [-0.39, 0.29) is 12.0 Å². The Kier molecular flexibility index (Phi) is 5.57. The van der Waals surface area contributed by atoms with Crippen molar-refractivity contribution in [2.45, 2.75) is 52.6 Å². The summed E-state index contributed by atoms with van der Waals surface area (Å²) in [6.07, 6.45) is 3.43. The van der Waals surface area contributed by atoms with Crippen LogP contribution in [0.4, 0.5) is 0 Å². The first-order valence-corrected chi connectivity index (χ1v) is 9.43. The molecule has 134 valence electrons. The minimum atomic E-state index is -0.0885. The van der Waals surface area contributed by atoms with E-state index in [2.05, 4.69) is 26.5 Å². The highest BCUT2D eigenvalue weighted by Gasteiger charge is 2.29. The second-order valence-electron chi connectivity index (χ2n) is 6.37. The van der Waals surface area contributed by atoms with Crippen LogP contribution in [0, 0.1) is 13.8 Å². The number of nitrogens with zero attached hydrogens (tertiary/aromatic N) is 5. The SMILES string of the molecule is CCCc1nnsc1C(=O)N1CCCC(Oc2nc(C)cc(C)n2)C1. The number of aromatic nitrogens is 4. The molecule has 8 heteroatoms. The first-order valence-electron chi connectivity index (χ1n) is 8.66. The van der Waals surface area contributed by atoms with Crippen LogP contribution in [0.5, 0.6) is 6.01 Å². The number of carbonyl (C=O) groups excluding carboxylic acids is 1. The topological polar surface area (TPSA) is 81.1 Å². The average molecular weight is 361 g/mol. The van der Waals surface area contributed by atoms with Crippen molar-refractivity contribution < 1.29 is 9.53 Å². The Morgan fingerprint density at radius 2 is 2.12 bits per heavy atom. The second kappa shape index (κ2) is 7.86. The van der Waals surface area contributed by atoms with Gasteiger partial charge in [-0.15, -0.1) is 5.10 Å². The van der Waals surface area contributed by atoms with E-state index in [0.29, 0.717) is 17.4 Å². The van der Waals surface area contributed by atoms with Crippen molar-refractivity contribution in [3.8, 4) is 6.01 Å². The van der Waals surface area contributed by atoms with Gasteiger partial charge in [0.25, 0.3) is 5.91 Å². The Morgan fingerprint density at radius 3 is 2.84 bits per heavy atom. The highest BCUT2D eigenvalue weighted by molar-refractivity contribution is 7.08. The number of aryl methyl sites for hydroxylation is 3. The maximum atomic E-state index is 12.8. The van der Waals surface area contributed by atoms with Crippen LogP contribution in [0.2, 0.25) is 0 Å². The van der Waals surface area contributed by atoms with Gasteiger partial charge in [0.05, 0.1) is 12.2 Å². The predicted octanol–water partition coefficient (Wildman–Crippen LogP) is 2.58. The quantitative estimate of drug-likeness (QED) is 0.814. The first-order chi connectivity index (χ1) is 12.1. The zero-order chi connectivity index (χ0) is 17.8. The summed E-state index contributed by atoms with van der Waals surface area (Å²) in [6.45, 7) is 7.19. The number of rotatable bonds is 5. The summed E-state index contributed by atoms with van der Waals surface area (Å²) < 4.78 is 9.90. The van der Waals surface area contributed by atoms with Crippen LogP contribution >= 0.6 is 11.5 Å². The van der Waals surface area contributed by atoms with Gasteiger partial charge in [0.15, 0.2) is 0 Å². The number of hydrogen-bond acceptors (Lipinski definition) is 7. The molecule has 0 spiro atoms. The molecule has 3 heterocycles. The third-order valence-corrected chi connectivity index (χ3v) is 4.89.